The second-order valence-electron chi connectivity index (χ2n) is 24.6. The molecular weight excluding hydrogens is 1130 g/mol. The molecule has 0 aromatic carbocycles. The SMILES string of the molecule is CCCCCCCCCCCCCCCC(=O)OC[C@H](COP(=O)(O)OC[C@@H](O)COP(=O)(O)OC[C@@H](COC(=O)CCCCCCC)OC(=O)CCCCCCCCC(C)CC)OC(=O)CCCCCCCCCCCCCCCCC(C)C. The molecule has 0 amide bonds. The van der Waals surface area contributed by atoms with E-state index in [0.717, 1.165) is 108 Å². The van der Waals surface area contributed by atoms with Crippen LogP contribution in [0.25, 0.3) is 0 Å². The fourth-order valence-electron chi connectivity index (χ4n) is 9.85. The van der Waals surface area contributed by atoms with Crippen LogP contribution in [0.4, 0.5) is 0 Å². The predicted molar refractivity (Wildman–Crippen MR) is 340 cm³/mol. The van der Waals surface area contributed by atoms with Crippen LogP contribution in [0.2, 0.25) is 0 Å². The first kappa shape index (κ1) is 83.1. The van der Waals surface area contributed by atoms with Crippen LogP contribution in [-0.4, -0.2) is 96.7 Å². The van der Waals surface area contributed by atoms with Gasteiger partial charge in [-0.05, 0) is 37.5 Å². The van der Waals surface area contributed by atoms with Gasteiger partial charge in [0.05, 0.1) is 26.4 Å². The molecule has 0 aliphatic carbocycles. The van der Waals surface area contributed by atoms with Crippen molar-refractivity contribution >= 4 is 39.5 Å². The van der Waals surface area contributed by atoms with E-state index < -0.39 is 97.5 Å². The number of aliphatic hydroxyl groups is 1. The summed E-state index contributed by atoms with van der Waals surface area (Å²) in [4.78, 5) is 72.1. The summed E-state index contributed by atoms with van der Waals surface area (Å²) in [5.74, 6) is -0.627. The van der Waals surface area contributed by atoms with E-state index in [1.54, 1.807) is 0 Å². The summed E-state index contributed by atoms with van der Waals surface area (Å²) in [5, 5.41) is 10.5. The standard InChI is InChI=1S/C66H128O17P2/c1-7-10-12-14-15-16-17-20-24-27-30-37-43-49-64(69)77-55-62(82-65(70)50-44-38-31-28-25-22-19-18-21-23-26-29-35-40-46-58(4)5)57-81-85(74,75)79-53-60(67)52-78-84(72,73)80-56-61(54-76-63(68)48-42-34-13-11-8-2)83-66(71)51-45-39-33-32-36-41-47-59(6)9-3/h58-62,67H,7-57H2,1-6H3,(H,72,73)(H,74,75)/t59?,60-,61+,62+/m0/s1. The summed E-state index contributed by atoms with van der Waals surface area (Å²) in [6, 6.07) is 0. The van der Waals surface area contributed by atoms with Crippen molar-refractivity contribution in [3.8, 4) is 0 Å². The molecule has 0 aliphatic rings. The quantitative estimate of drug-likeness (QED) is 0.0222. The van der Waals surface area contributed by atoms with Gasteiger partial charge in [-0.3, -0.25) is 37.3 Å². The van der Waals surface area contributed by atoms with Crippen LogP contribution in [0.15, 0.2) is 0 Å². The highest BCUT2D eigenvalue weighted by molar-refractivity contribution is 7.47. The molecular formula is C66H128O17P2. The molecule has 0 radical (unpaired) electrons. The van der Waals surface area contributed by atoms with Gasteiger partial charge in [0, 0.05) is 25.7 Å². The fraction of sp³-hybridized carbons (Fsp3) is 0.939. The van der Waals surface area contributed by atoms with Crippen LogP contribution in [0.1, 0.15) is 330 Å². The highest BCUT2D eigenvalue weighted by atomic mass is 31.2. The first-order valence-electron chi connectivity index (χ1n) is 34.5. The Labute approximate surface area is 517 Å². The molecule has 0 spiro atoms. The number of carbonyl (C=O) groups is 4. The zero-order valence-corrected chi connectivity index (χ0v) is 56.7. The van der Waals surface area contributed by atoms with E-state index in [1.165, 1.54) is 141 Å². The Hall–Kier alpha value is -1.94. The molecule has 0 saturated carbocycles. The summed E-state index contributed by atoms with van der Waals surface area (Å²) < 4.78 is 67.9. The zero-order chi connectivity index (χ0) is 62.9. The maximum Gasteiger partial charge on any atom is 0.472 e. The number of esters is 4. The van der Waals surface area contributed by atoms with Gasteiger partial charge in [0.25, 0.3) is 0 Å². The number of rotatable bonds is 65. The third-order valence-electron chi connectivity index (χ3n) is 15.6. The van der Waals surface area contributed by atoms with E-state index >= 15 is 0 Å². The molecule has 0 aliphatic heterocycles. The minimum absolute atomic E-state index is 0.102. The second kappa shape index (κ2) is 58.4. The third kappa shape index (κ3) is 59.5. The van der Waals surface area contributed by atoms with Crippen molar-refractivity contribution in [2.75, 3.05) is 39.6 Å². The number of aliphatic hydroxyl groups excluding tert-OH is 1. The van der Waals surface area contributed by atoms with Crippen molar-refractivity contribution in [3.05, 3.63) is 0 Å². The minimum Gasteiger partial charge on any atom is -0.462 e. The van der Waals surface area contributed by atoms with Gasteiger partial charge in [0.15, 0.2) is 12.2 Å². The number of phosphoric ester groups is 2. The third-order valence-corrected chi connectivity index (χ3v) is 17.5. The number of hydrogen-bond acceptors (Lipinski definition) is 15. The van der Waals surface area contributed by atoms with Crippen molar-refractivity contribution in [2.45, 2.75) is 349 Å². The van der Waals surface area contributed by atoms with E-state index in [0.29, 0.717) is 25.7 Å². The van der Waals surface area contributed by atoms with E-state index in [-0.39, 0.29) is 25.7 Å². The molecule has 0 saturated heterocycles. The summed E-state index contributed by atoms with van der Waals surface area (Å²) in [6.45, 7) is 9.40. The maximum atomic E-state index is 13.0. The van der Waals surface area contributed by atoms with Gasteiger partial charge in [-0.15, -0.1) is 0 Å². The molecule has 19 heteroatoms. The van der Waals surface area contributed by atoms with Crippen molar-refractivity contribution in [3.63, 3.8) is 0 Å². The number of ether oxygens (including phenoxy) is 4. The van der Waals surface area contributed by atoms with Crippen LogP contribution in [0.5, 0.6) is 0 Å². The first-order valence-corrected chi connectivity index (χ1v) is 37.5. The molecule has 0 aromatic rings. The molecule has 6 atom stereocenters. The van der Waals surface area contributed by atoms with Gasteiger partial charge in [-0.1, -0.05) is 279 Å². The van der Waals surface area contributed by atoms with Crippen molar-refractivity contribution < 1.29 is 80.2 Å². The minimum atomic E-state index is -4.95. The fourth-order valence-corrected chi connectivity index (χ4v) is 11.4. The van der Waals surface area contributed by atoms with Gasteiger partial charge in [-0.2, -0.15) is 0 Å². The number of carbonyl (C=O) groups excluding carboxylic acids is 4. The normalized spacial score (nSPS) is 14.6. The lowest BCUT2D eigenvalue weighted by Gasteiger charge is -2.21. The summed E-state index contributed by atoms with van der Waals surface area (Å²) in [6.07, 6.45) is 42.1. The van der Waals surface area contributed by atoms with Crippen molar-refractivity contribution in [1.82, 2.24) is 0 Å². The Bertz CT molecular complexity index is 1670. The molecule has 3 unspecified atom stereocenters. The number of hydrogen-bond donors (Lipinski definition) is 3. The Morgan fingerprint density at radius 1 is 0.341 bits per heavy atom. The Morgan fingerprint density at radius 3 is 0.894 bits per heavy atom. The van der Waals surface area contributed by atoms with Crippen LogP contribution < -0.4 is 0 Å². The Morgan fingerprint density at radius 2 is 0.600 bits per heavy atom. The average Bonchev–Trinajstić information content (AvgIpc) is 3.52. The second-order valence-corrected chi connectivity index (χ2v) is 27.5. The van der Waals surface area contributed by atoms with Gasteiger partial charge in [0.1, 0.15) is 19.3 Å². The monoisotopic (exact) mass is 1250 g/mol. The van der Waals surface area contributed by atoms with E-state index in [1.807, 2.05) is 0 Å². The van der Waals surface area contributed by atoms with Crippen LogP contribution in [-0.2, 0) is 65.4 Å². The smallest absolute Gasteiger partial charge is 0.462 e. The molecule has 0 rings (SSSR count). The predicted octanol–water partition coefficient (Wildman–Crippen LogP) is 18.4. The average molecular weight is 1260 g/mol. The molecule has 0 aromatic heterocycles. The van der Waals surface area contributed by atoms with Crippen LogP contribution in [0.3, 0.4) is 0 Å². The van der Waals surface area contributed by atoms with Crippen molar-refractivity contribution in [2.24, 2.45) is 11.8 Å². The number of unbranched alkanes of at least 4 members (excludes halogenated alkanes) is 34. The summed E-state index contributed by atoms with van der Waals surface area (Å²) in [7, 11) is -9.88. The Balaban J connectivity index is 5.17. The molecule has 17 nitrogen and oxygen atoms in total. The maximum absolute atomic E-state index is 13.0. The van der Waals surface area contributed by atoms with E-state index in [9.17, 15) is 43.2 Å². The molecule has 0 fully saturated rings. The highest BCUT2D eigenvalue weighted by Crippen LogP contribution is 2.45. The molecule has 0 heterocycles. The van der Waals surface area contributed by atoms with E-state index in [4.69, 9.17) is 37.0 Å². The van der Waals surface area contributed by atoms with Crippen LogP contribution in [0, 0.1) is 11.8 Å². The molecule has 504 valence electrons. The molecule has 85 heavy (non-hydrogen) atoms. The topological polar surface area (TPSA) is 237 Å². The zero-order valence-electron chi connectivity index (χ0n) is 54.9. The molecule has 3 N–H and O–H groups in total. The summed E-state index contributed by atoms with van der Waals surface area (Å²) >= 11 is 0. The lowest BCUT2D eigenvalue weighted by molar-refractivity contribution is -0.161. The van der Waals surface area contributed by atoms with Crippen molar-refractivity contribution in [1.29, 1.82) is 0 Å². The van der Waals surface area contributed by atoms with Gasteiger partial charge < -0.3 is 33.8 Å². The van der Waals surface area contributed by atoms with Gasteiger partial charge >= 0.3 is 39.5 Å². The van der Waals surface area contributed by atoms with Crippen LogP contribution >= 0.6 is 15.6 Å². The number of phosphoric acid groups is 2. The first-order chi connectivity index (χ1) is 40.9. The van der Waals surface area contributed by atoms with Gasteiger partial charge in [-0.25, -0.2) is 9.13 Å². The largest absolute Gasteiger partial charge is 0.472 e. The van der Waals surface area contributed by atoms with Gasteiger partial charge in [0.2, 0.25) is 0 Å². The van der Waals surface area contributed by atoms with E-state index in [2.05, 4.69) is 41.5 Å². The molecule has 0 bridgehead atoms. The summed E-state index contributed by atoms with van der Waals surface area (Å²) in [5.41, 5.74) is 0. The Kier molecular flexibility index (Phi) is 57.1. The highest BCUT2D eigenvalue weighted by Gasteiger charge is 2.30. The lowest BCUT2D eigenvalue weighted by atomic mass is 10.00. The lowest BCUT2D eigenvalue weighted by Crippen LogP contribution is -2.30.